The number of benzene rings is 2. The molecular formula is C28H33N3O5. The van der Waals surface area contributed by atoms with Gasteiger partial charge in [0.2, 0.25) is 11.8 Å². The van der Waals surface area contributed by atoms with Gasteiger partial charge in [-0.25, -0.2) is 0 Å². The zero-order valence-corrected chi connectivity index (χ0v) is 20.4. The SMILES string of the molecule is O=C1CCC(N2Cc3cc(OC4CCCCC4)ccc3C2=O)C(=O)N1.Oc1cccc(C2CNC2)c1. The zero-order chi connectivity index (χ0) is 25.1. The van der Waals surface area contributed by atoms with Crippen molar-refractivity contribution in [2.75, 3.05) is 13.1 Å². The lowest BCUT2D eigenvalue weighted by atomic mass is 9.94. The highest BCUT2D eigenvalue weighted by molar-refractivity contribution is 6.05. The maximum absolute atomic E-state index is 12.6. The lowest BCUT2D eigenvalue weighted by Crippen LogP contribution is -2.52. The Bertz CT molecular complexity index is 1140. The first-order valence-corrected chi connectivity index (χ1v) is 12.9. The summed E-state index contributed by atoms with van der Waals surface area (Å²) in [5.41, 5.74) is 2.76. The van der Waals surface area contributed by atoms with Crippen LogP contribution in [0.3, 0.4) is 0 Å². The topological polar surface area (TPSA) is 108 Å². The molecule has 190 valence electrons. The van der Waals surface area contributed by atoms with E-state index in [4.69, 9.17) is 9.84 Å². The number of carbonyl (C=O) groups is 3. The van der Waals surface area contributed by atoms with Crippen molar-refractivity contribution in [2.24, 2.45) is 0 Å². The molecular weight excluding hydrogens is 458 g/mol. The van der Waals surface area contributed by atoms with Crippen LogP contribution in [0.15, 0.2) is 42.5 Å². The Kier molecular flexibility index (Phi) is 7.23. The summed E-state index contributed by atoms with van der Waals surface area (Å²) >= 11 is 0. The largest absolute Gasteiger partial charge is 0.508 e. The van der Waals surface area contributed by atoms with Gasteiger partial charge in [0.25, 0.3) is 5.91 Å². The number of amides is 3. The molecule has 2 saturated heterocycles. The van der Waals surface area contributed by atoms with Crippen LogP contribution in [0.5, 0.6) is 11.5 Å². The second-order valence-electron chi connectivity index (χ2n) is 10.0. The quantitative estimate of drug-likeness (QED) is 0.567. The number of fused-ring (bicyclic) bond motifs is 1. The van der Waals surface area contributed by atoms with E-state index < -0.39 is 6.04 Å². The van der Waals surface area contributed by atoms with Crippen molar-refractivity contribution in [3.8, 4) is 11.5 Å². The third-order valence-corrected chi connectivity index (χ3v) is 7.47. The van der Waals surface area contributed by atoms with E-state index in [9.17, 15) is 14.4 Å². The van der Waals surface area contributed by atoms with E-state index in [0.717, 1.165) is 37.2 Å². The smallest absolute Gasteiger partial charge is 0.255 e. The first-order valence-electron chi connectivity index (χ1n) is 12.9. The highest BCUT2D eigenvalue weighted by Gasteiger charge is 2.39. The van der Waals surface area contributed by atoms with Crippen LogP contribution in [0.1, 0.15) is 72.3 Å². The highest BCUT2D eigenvalue weighted by atomic mass is 16.5. The first kappa shape index (κ1) is 24.3. The van der Waals surface area contributed by atoms with E-state index in [2.05, 4.69) is 16.7 Å². The standard InChI is InChI=1S/C19H22N2O4.C9H11NO/c22-17-9-8-16(18(23)20-17)21-11-12-10-14(6-7-15(12)19(21)24)25-13-4-2-1-3-5-13;11-9-3-1-2-7(4-9)8-5-10-6-8/h6-7,10,13,16H,1-5,8-9,11H2,(H,20,22,23);1-4,8,10-11H,5-6H2. The minimum Gasteiger partial charge on any atom is -0.508 e. The molecule has 1 saturated carbocycles. The van der Waals surface area contributed by atoms with E-state index in [1.54, 1.807) is 17.0 Å². The molecule has 4 aliphatic rings. The van der Waals surface area contributed by atoms with E-state index in [0.29, 0.717) is 30.2 Å². The lowest BCUT2D eigenvalue weighted by molar-refractivity contribution is -0.136. The average molecular weight is 492 g/mol. The molecule has 36 heavy (non-hydrogen) atoms. The van der Waals surface area contributed by atoms with Crippen molar-refractivity contribution in [3.63, 3.8) is 0 Å². The third-order valence-electron chi connectivity index (χ3n) is 7.47. The molecule has 3 amide bonds. The number of nitrogens with one attached hydrogen (secondary N) is 2. The molecule has 8 nitrogen and oxygen atoms in total. The number of hydrogen-bond donors (Lipinski definition) is 3. The van der Waals surface area contributed by atoms with Crippen molar-refractivity contribution in [1.29, 1.82) is 0 Å². The Balaban J connectivity index is 0.000000202. The van der Waals surface area contributed by atoms with Crippen molar-refractivity contribution in [3.05, 3.63) is 59.2 Å². The number of ether oxygens (including phenoxy) is 1. The molecule has 0 bridgehead atoms. The minimum absolute atomic E-state index is 0.145. The van der Waals surface area contributed by atoms with Gasteiger partial charge in [0.15, 0.2) is 0 Å². The molecule has 1 atom stereocenters. The molecule has 0 radical (unpaired) electrons. The van der Waals surface area contributed by atoms with E-state index >= 15 is 0 Å². The maximum atomic E-state index is 12.6. The van der Waals surface area contributed by atoms with Gasteiger partial charge in [-0.1, -0.05) is 18.6 Å². The van der Waals surface area contributed by atoms with Gasteiger partial charge >= 0.3 is 0 Å². The Morgan fingerprint density at radius 3 is 2.44 bits per heavy atom. The second kappa shape index (κ2) is 10.7. The van der Waals surface area contributed by atoms with Crippen molar-refractivity contribution in [2.45, 2.75) is 69.6 Å². The number of hydrogen-bond acceptors (Lipinski definition) is 6. The van der Waals surface area contributed by atoms with Crippen molar-refractivity contribution >= 4 is 17.7 Å². The fourth-order valence-corrected chi connectivity index (χ4v) is 5.30. The van der Waals surface area contributed by atoms with E-state index in [1.807, 2.05) is 24.3 Å². The van der Waals surface area contributed by atoms with Gasteiger partial charge in [-0.3, -0.25) is 19.7 Å². The predicted octanol–water partition coefficient (Wildman–Crippen LogP) is 3.24. The van der Waals surface area contributed by atoms with Gasteiger partial charge in [0, 0.05) is 37.5 Å². The Morgan fingerprint density at radius 1 is 0.944 bits per heavy atom. The lowest BCUT2D eigenvalue weighted by Gasteiger charge is -2.29. The third kappa shape index (κ3) is 5.38. The summed E-state index contributed by atoms with van der Waals surface area (Å²) in [5, 5.41) is 14.7. The molecule has 1 unspecified atom stereocenters. The Morgan fingerprint density at radius 2 is 1.75 bits per heavy atom. The Hall–Kier alpha value is -3.39. The fraction of sp³-hybridized carbons (Fsp3) is 0.464. The highest BCUT2D eigenvalue weighted by Crippen LogP contribution is 2.31. The molecule has 2 aromatic rings. The molecule has 2 aromatic carbocycles. The monoisotopic (exact) mass is 491 g/mol. The van der Waals surface area contributed by atoms with Crippen LogP contribution in [-0.2, 0) is 16.1 Å². The van der Waals surface area contributed by atoms with E-state index in [-0.39, 0.29) is 30.2 Å². The molecule has 0 spiro atoms. The van der Waals surface area contributed by atoms with Gasteiger partial charge in [-0.05, 0) is 73.6 Å². The van der Waals surface area contributed by atoms with Crippen LogP contribution in [0, 0.1) is 0 Å². The molecule has 0 aromatic heterocycles. The number of carbonyl (C=O) groups excluding carboxylic acids is 3. The molecule has 3 aliphatic heterocycles. The van der Waals surface area contributed by atoms with Crippen molar-refractivity contribution < 1.29 is 24.2 Å². The zero-order valence-electron chi connectivity index (χ0n) is 20.4. The van der Waals surface area contributed by atoms with Gasteiger partial charge in [-0.2, -0.15) is 0 Å². The predicted molar refractivity (Wildman–Crippen MR) is 134 cm³/mol. The maximum Gasteiger partial charge on any atom is 0.255 e. The summed E-state index contributed by atoms with van der Waals surface area (Å²) in [7, 11) is 0. The molecule has 3 fully saturated rings. The molecule has 1 aliphatic carbocycles. The number of aromatic hydroxyl groups is 1. The molecule has 8 heteroatoms. The van der Waals surface area contributed by atoms with Gasteiger partial charge < -0.3 is 20.1 Å². The van der Waals surface area contributed by atoms with Crippen LogP contribution in [0.25, 0.3) is 0 Å². The van der Waals surface area contributed by atoms with Crippen LogP contribution < -0.4 is 15.4 Å². The number of phenolic OH excluding ortho intramolecular Hbond substituents is 1. The van der Waals surface area contributed by atoms with Crippen LogP contribution >= 0.6 is 0 Å². The summed E-state index contributed by atoms with van der Waals surface area (Å²) < 4.78 is 6.08. The summed E-state index contributed by atoms with van der Waals surface area (Å²) in [6.45, 7) is 2.48. The van der Waals surface area contributed by atoms with Crippen LogP contribution in [-0.4, -0.2) is 53.0 Å². The van der Waals surface area contributed by atoms with Crippen LogP contribution in [0.4, 0.5) is 0 Å². The normalized spacial score (nSPS) is 22.3. The first-order chi connectivity index (χ1) is 17.5. The fourth-order valence-electron chi connectivity index (χ4n) is 5.30. The van der Waals surface area contributed by atoms with Gasteiger partial charge in [0.05, 0.1) is 6.10 Å². The molecule has 3 N–H and O–H groups in total. The summed E-state index contributed by atoms with van der Waals surface area (Å²) in [5.74, 6) is 0.985. The second-order valence-corrected chi connectivity index (χ2v) is 10.0. The summed E-state index contributed by atoms with van der Waals surface area (Å²) in [4.78, 5) is 37.6. The number of rotatable bonds is 4. The summed E-state index contributed by atoms with van der Waals surface area (Å²) in [6, 6.07) is 12.5. The van der Waals surface area contributed by atoms with Gasteiger partial charge in [0.1, 0.15) is 17.5 Å². The summed E-state index contributed by atoms with van der Waals surface area (Å²) in [6.07, 6.45) is 6.77. The van der Waals surface area contributed by atoms with Crippen molar-refractivity contribution in [1.82, 2.24) is 15.5 Å². The average Bonchev–Trinajstić information content (AvgIpc) is 3.15. The van der Waals surface area contributed by atoms with Gasteiger partial charge in [-0.15, -0.1) is 0 Å². The Labute approximate surface area is 211 Å². The minimum atomic E-state index is -0.569. The number of nitrogens with zero attached hydrogens (tertiary/aromatic N) is 1. The number of phenols is 1. The van der Waals surface area contributed by atoms with Crippen LogP contribution in [0.2, 0.25) is 0 Å². The number of imide groups is 1. The number of piperidine rings is 1. The van der Waals surface area contributed by atoms with E-state index in [1.165, 1.54) is 24.8 Å². The molecule has 6 rings (SSSR count). The molecule has 3 heterocycles.